The van der Waals surface area contributed by atoms with E-state index in [9.17, 15) is 8.42 Å². The summed E-state index contributed by atoms with van der Waals surface area (Å²) in [6.07, 6.45) is 5.09. The summed E-state index contributed by atoms with van der Waals surface area (Å²) < 4.78 is 24.1. The Labute approximate surface area is 134 Å². The van der Waals surface area contributed by atoms with Crippen molar-refractivity contribution in [3.8, 4) is 0 Å². The van der Waals surface area contributed by atoms with Crippen molar-refractivity contribution < 1.29 is 8.42 Å². The van der Waals surface area contributed by atoms with Crippen LogP contribution < -0.4 is 5.32 Å². The predicted octanol–water partition coefficient (Wildman–Crippen LogP) is 1.82. The number of nitrogens with one attached hydrogen (secondary N) is 1. The lowest BCUT2D eigenvalue weighted by atomic mass is 9.68. The molecule has 3 unspecified atom stereocenters. The summed E-state index contributed by atoms with van der Waals surface area (Å²) in [5.41, 5.74) is 0.294. The molecule has 6 heteroatoms. The second-order valence-corrected chi connectivity index (χ2v) is 10.6. The lowest BCUT2D eigenvalue weighted by Gasteiger charge is -2.47. The van der Waals surface area contributed by atoms with Crippen molar-refractivity contribution in [1.29, 1.82) is 0 Å². The van der Waals surface area contributed by atoms with E-state index >= 15 is 0 Å². The third kappa shape index (κ3) is 4.15. The highest BCUT2D eigenvalue weighted by Crippen LogP contribution is 2.39. The van der Waals surface area contributed by atoms with Crippen molar-refractivity contribution in [1.82, 2.24) is 10.2 Å². The molecular weight excluding hydrogens is 304 g/mol. The molecule has 1 saturated heterocycles. The second kappa shape index (κ2) is 6.77. The van der Waals surface area contributed by atoms with E-state index in [1.165, 1.54) is 25.5 Å². The van der Waals surface area contributed by atoms with Crippen LogP contribution in [0.5, 0.6) is 0 Å². The van der Waals surface area contributed by atoms with E-state index < -0.39 is 9.84 Å². The van der Waals surface area contributed by atoms with Crippen LogP contribution in [0.25, 0.3) is 0 Å². The molecule has 124 valence electrons. The standard InChI is InChI=1S/C15H30N2O2S2/c1-15(2)7-5-6-12(14(15)16-3)10-17-8-9-20-11-13(17)21(4,18)19/h12-14,16H,5-11H2,1-4H3. The van der Waals surface area contributed by atoms with Crippen LogP contribution in [0.4, 0.5) is 0 Å². The van der Waals surface area contributed by atoms with Gasteiger partial charge in [-0.3, -0.25) is 4.90 Å². The maximum atomic E-state index is 12.0. The minimum absolute atomic E-state index is 0.293. The number of thioether (sulfide) groups is 1. The zero-order valence-corrected chi connectivity index (χ0v) is 15.4. The molecule has 0 amide bonds. The molecule has 21 heavy (non-hydrogen) atoms. The maximum Gasteiger partial charge on any atom is 0.164 e. The van der Waals surface area contributed by atoms with Gasteiger partial charge in [-0.2, -0.15) is 11.8 Å². The van der Waals surface area contributed by atoms with Gasteiger partial charge in [0.15, 0.2) is 9.84 Å². The van der Waals surface area contributed by atoms with E-state index in [-0.39, 0.29) is 5.37 Å². The zero-order chi connectivity index (χ0) is 15.7. The lowest BCUT2D eigenvalue weighted by molar-refractivity contribution is 0.0823. The van der Waals surface area contributed by atoms with Gasteiger partial charge < -0.3 is 5.32 Å². The molecule has 0 bridgehead atoms. The molecule has 2 rings (SSSR count). The van der Waals surface area contributed by atoms with Crippen LogP contribution in [-0.4, -0.2) is 62.6 Å². The fourth-order valence-electron chi connectivity index (χ4n) is 4.12. The first kappa shape index (κ1) is 17.6. The van der Waals surface area contributed by atoms with Gasteiger partial charge in [0.25, 0.3) is 0 Å². The van der Waals surface area contributed by atoms with E-state index in [2.05, 4.69) is 24.1 Å². The van der Waals surface area contributed by atoms with Gasteiger partial charge in [0, 0.05) is 36.9 Å². The minimum atomic E-state index is -2.99. The third-order valence-electron chi connectivity index (χ3n) is 5.17. The molecular formula is C15H30N2O2S2. The Morgan fingerprint density at radius 3 is 2.71 bits per heavy atom. The zero-order valence-electron chi connectivity index (χ0n) is 13.8. The Morgan fingerprint density at radius 1 is 1.38 bits per heavy atom. The number of sulfone groups is 1. The molecule has 1 heterocycles. The van der Waals surface area contributed by atoms with Gasteiger partial charge >= 0.3 is 0 Å². The monoisotopic (exact) mass is 334 g/mol. The molecule has 0 aromatic heterocycles. The molecule has 1 aliphatic heterocycles. The topological polar surface area (TPSA) is 49.4 Å². The summed E-state index contributed by atoms with van der Waals surface area (Å²) in [5, 5.41) is 3.21. The number of hydrogen-bond donors (Lipinski definition) is 1. The Balaban J connectivity index is 2.11. The SMILES string of the molecule is CNC1C(CN2CCSCC2S(C)(=O)=O)CCCC1(C)C. The molecule has 1 saturated carbocycles. The molecule has 1 N–H and O–H groups in total. The van der Waals surface area contributed by atoms with Crippen LogP contribution >= 0.6 is 11.8 Å². The maximum absolute atomic E-state index is 12.0. The largest absolute Gasteiger partial charge is 0.316 e. The molecule has 2 aliphatic rings. The Morgan fingerprint density at radius 2 is 2.10 bits per heavy atom. The van der Waals surface area contributed by atoms with Gasteiger partial charge in [-0.05, 0) is 31.2 Å². The quantitative estimate of drug-likeness (QED) is 0.850. The van der Waals surface area contributed by atoms with Crippen LogP contribution in [-0.2, 0) is 9.84 Å². The normalized spacial score (nSPS) is 34.8. The summed E-state index contributed by atoms with van der Waals surface area (Å²) in [6.45, 7) is 6.48. The van der Waals surface area contributed by atoms with Gasteiger partial charge in [0.1, 0.15) is 5.37 Å². The van der Waals surface area contributed by atoms with Crippen molar-refractivity contribution in [2.24, 2.45) is 11.3 Å². The van der Waals surface area contributed by atoms with Crippen molar-refractivity contribution in [3.63, 3.8) is 0 Å². The molecule has 3 atom stereocenters. The number of nitrogens with zero attached hydrogens (tertiary/aromatic N) is 1. The molecule has 0 spiro atoms. The van der Waals surface area contributed by atoms with Gasteiger partial charge in [0.05, 0.1) is 0 Å². The lowest BCUT2D eigenvalue weighted by Crippen LogP contribution is -2.55. The average Bonchev–Trinajstić information content (AvgIpc) is 2.37. The van der Waals surface area contributed by atoms with Crippen LogP contribution in [0.3, 0.4) is 0 Å². The minimum Gasteiger partial charge on any atom is -0.316 e. The molecule has 0 aromatic rings. The van der Waals surface area contributed by atoms with E-state index in [0.717, 1.165) is 24.6 Å². The van der Waals surface area contributed by atoms with Crippen LogP contribution in [0.2, 0.25) is 0 Å². The first-order chi connectivity index (χ1) is 9.75. The molecule has 0 aromatic carbocycles. The van der Waals surface area contributed by atoms with Crippen molar-refractivity contribution in [2.45, 2.75) is 44.5 Å². The fourth-order valence-corrected chi connectivity index (χ4v) is 7.08. The highest BCUT2D eigenvalue weighted by molar-refractivity contribution is 8.00. The highest BCUT2D eigenvalue weighted by Gasteiger charge is 2.40. The predicted molar refractivity (Wildman–Crippen MR) is 91.5 cm³/mol. The van der Waals surface area contributed by atoms with E-state index in [1.54, 1.807) is 11.8 Å². The van der Waals surface area contributed by atoms with Crippen molar-refractivity contribution >= 4 is 21.6 Å². The van der Waals surface area contributed by atoms with Gasteiger partial charge in [-0.25, -0.2) is 8.42 Å². The third-order valence-corrected chi connectivity index (χ3v) is 7.86. The van der Waals surface area contributed by atoms with Crippen molar-refractivity contribution in [3.05, 3.63) is 0 Å². The summed E-state index contributed by atoms with van der Waals surface area (Å²) in [4.78, 5) is 2.22. The molecule has 4 nitrogen and oxygen atoms in total. The van der Waals surface area contributed by atoms with Gasteiger partial charge in [-0.15, -0.1) is 0 Å². The van der Waals surface area contributed by atoms with Crippen LogP contribution in [0, 0.1) is 11.3 Å². The summed E-state index contributed by atoms with van der Waals surface area (Å²) in [5.74, 6) is 2.32. The number of rotatable bonds is 4. The molecule has 0 radical (unpaired) electrons. The van der Waals surface area contributed by atoms with E-state index in [0.29, 0.717) is 17.4 Å². The summed E-state index contributed by atoms with van der Waals surface area (Å²) in [6, 6.07) is 0.473. The molecule has 2 fully saturated rings. The highest BCUT2D eigenvalue weighted by atomic mass is 32.2. The van der Waals surface area contributed by atoms with E-state index in [1.807, 2.05) is 7.05 Å². The smallest absolute Gasteiger partial charge is 0.164 e. The Kier molecular flexibility index (Phi) is 5.66. The molecule has 1 aliphatic carbocycles. The van der Waals surface area contributed by atoms with Gasteiger partial charge in [0.2, 0.25) is 0 Å². The van der Waals surface area contributed by atoms with Crippen LogP contribution in [0.15, 0.2) is 0 Å². The fraction of sp³-hybridized carbons (Fsp3) is 1.00. The first-order valence-electron chi connectivity index (χ1n) is 7.93. The summed E-state index contributed by atoms with van der Waals surface area (Å²) in [7, 11) is -0.948. The second-order valence-electron chi connectivity index (χ2n) is 7.26. The number of hydrogen-bond acceptors (Lipinski definition) is 5. The van der Waals surface area contributed by atoms with Crippen LogP contribution in [0.1, 0.15) is 33.1 Å². The average molecular weight is 335 g/mol. The Bertz CT molecular complexity index is 451. The van der Waals surface area contributed by atoms with Crippen molar-refractivity contribution in [2.75, 3.05) is 37.9 Å². The van der Waals surface area contributed by atoms with E-state index in [4.69, 9.17) is 0 Å². The Hall–Kier alpha value is 0.220. The first-order valence-corrected chi connectivity index (χ1v) is 11.0. The summed E-state index contributed by atoms with van der Waals surface area (Å²) >= 11 is 1.77. The van der Waals surface area contributed by atoms with Gasteiger partial charge in [-0.1, -0.05) is 20.3 Å².